The van der Waals surface area contributed by atoms with Crippen LogP contribution < -0.4 is 5.73 Å². The molecule has 0 spiro atoms. The van der Waals surface area contributed by atoms with Gasteiger partial charge in [0.15, 0.2) is 9.84 Å². The van der Waals surface area contributed by atoms with Gasteiger partial charge in [-0.25, -0.2) is 8.42 Å². The monoisotopic (exact) mass is 245 g/mol. The smallest absolute Gasteiger partial charge is 0.150 e. The predicted octanol–water partition coefficient (Wildman–Crippen LogP) is 1.80. The van der Waals surface area contributed by atoms with Gasteiger partial charge in [-0.1, -0.05) is 13.0 Å². The summed E-state index contributed by atoms with van der Waals surface area (Å²) in [5, 5.41) is 0. The Morgan fingerprint density at radius 1 is 1.40 bits per heavy atom. The Balaban J connectivity index is 2.45. The van der Waals surface area contributed by atoms with Crippen LogP contribution in [0.1, 0.15) is 6.92 Å². The Kier molecular flexibility index (Phi) is 4.47. The molecule has 0 aromatic heterocycles. The highest BCUT2D eigenvalue weighted by atomic mass is 32.2. The molecule has 0 unspecified atom stereocenters. The van der Waals surface area contributed by atoms with E-state index in [2.05, 4.69) is 0 Å². The summed E-state index contributed by atoms with van der Waals surface area (Å²) in [4.78, 5) is 1.02. The van der Waals surface area contributed by atoms with Crippen molar-refractivity contribution >= 4 is 27.3 Å². The van der Waals surface area contributed by atoms with Crippen LogP contribution in [-0.4, -0.2) is 25.7 Å². The fourth-order valence-corrected chi connectivity index (χ4v) is 3.30. The first kappa shape index (κ1) is 12.4. The minimum atomic E-state index is -2.85. The van der Waals surface area contributed by atoms with Crippen LogP contribution in [0.4, 0.5) is 5.69 Å². The van der Waals surface area contributed by atoms with Gasteiger partial charge >= 0.3 is 0 Å². The number of rotatable bonds is 5. The molecule has 0 fully saturated rings. The molecule has 84 valence electrons. The third kappa shape index (κ3) is 4.57. The quantitative estimate of drug-likeness (QED) is 0.634. The number of nitrogens with two attached hydrogens (primary N) is 1. The SMILES string of the molecule is CCS(=O)(=O)CCSc1cccc(N)c1. The lowest BCUT2D eigenvalue weighted by Gasteiger charge is -2.02. The van der Waals surface area contributed by atoms with Crippen LogP contribution in [0.2, 0.25) is 0 Å². The Morgan fingerprint density at radius 3 is 2.73 bits per heavy atom. The zero-order valence-corrected chi connectivity index (χ0v) is 10.3. The van der Waals surface area contributed by atoms with Crippen molar-refractivity contribution in [3.8, 4) is 0 Å². The number of hydrogen-bond donors (Lipinski definition) is 1. The molecular weight excluding hydrogens is 230 g/mol. The van der Waals surface area contributed by atoms with E-state index in [0.29, 0.717) is 11.4 Å². The van der Waals surface area contributed by atoms with Crippen LogP contribution in [0.25, 0.3) is 0 Å². The zero-order chi connectivity index (χ0) is 11.3. The summed E-state index contributed by atoms with van der Waals surface area (Å²) in [6.07, 6.45) is 0. The molecule has 15 heavy (non-hydrogen) atoms. The summed E-state index contributed by atoms with van der Waals surface area (Å²) in [5.74, 6) is 1.02. The van der Waals surface area contributed by atoms with Gasteiger partial charge in [-0.2, -0.15) is 0 Å². The summed E-state index contributed by atoms with van der Waals surface area (Å²) < 4.78 is 22.4. The molecule has 2 N–H and O–H groups in total. The average Bonchev–Trinajstić information content (AvgIpc) is 2.18. The molecule has 0 heterocycles. The number of nitrogen functional groups attached to an aromatic ring is 1. The van der Waals surface area contributed by atoms with Crippen molar-refractivity contribution < 1.29 is 8.42 Å². The maximum Gasteiger partial charge on any atom is 0.150 e. The molecule has 3 nitrogen and oxygen atoms in total. The molecule has 0 amide bonds. The van der Waals surface area contributed by atoms with E-state index in [1.807, 2.05) is 24.3 Å². The number of thioether (sulfide) groups is 1. The van der Waals surface area contributed by atoms with Crippen molar-refractivity contribution in [2.24, 2.45) is 0 Å². The van der Waals surface area contributed by atoms with E-state index < -0.39 is 9.84 Å². The van der Waals surface area contributed by atoms with Gasteiger partial charge in [0.1, 0.15) is 0 Å². The van der Waals surface area contributed by atoms with Crippen molar-refractivity contribution in [1.82, 2.24) is 0 Å². The summed E-state index contributed by atoms with van der Waals surface area (Å²) in [6, 6.07) is 7.46. The van der Waals surface area contributed by atoms with Gasteiger partial charge < -0.3 is 5.73 Å². The number of hydrogen-bond acceptors (Lipinski definition) is 4. The number of sulfone groups is 1. The molecule has 1 rings (SSSR count). The summed E-state index contributed by atoms with van der Waals surface area (Å²) in [7, 11) is -2.85. The van der Waals surface area contributed by atoms with Crippen LogP contribution in [0, 0.1) is 0 Å². The molecule has 1 aromatic rings. The van der Waals surface area contributed by atoms with Crippen LogP contribution in [0.15, 0.2) is 29.2 Å². The van der Waals surface area contributed by atoms with Gasteiger partial charge in [0.2, 0.25) is 0 Å². The van der Waals surface area contributed by atoms with Crippen molar-refractivity contribution in [3.05, 3.63) is 24.3 Å². The number of anilines is 1. The third-order valence-corrected chi connectivity index (χ3v) is 4.92. The Labute approximate surface area is 95.0 Å². The molecule has 5 heteroatoms. The summed E-state index contributed by atoms with van der Waals surface area (Å²) in [5.41, 5.74) is 6.32. The average molecular weight is 245 g/mol. The molecule has 0 bridgehead atoms. The standard InChI is InChI=1S/C10H15NO2S2/c1-2-15(12,13)7-6-14-10-5-3-4-9(11)8-10/h3-5,8H,2,6-7,11H2,1H3. The lowest BCUT2D eigenvalue weighted by atomic mass is 10.3. The van der Waals surface area contributed by atoms with E-state index >= 15 is 0 Å². The highest BCUT2D eigenvalue weighted by molar-refractivity contribution is 8.00. The zero-order valence-electron chi connectivity index (χ0n) is 8.64. The molecule has 0 saturated heterocycles. The molecule has 0 aliphatic rings. The van der Waals surface area contributed by atoms with E-state index in [9.17, 15) is 8.42 Å². The maximum absolute atomic E-state index is 11.2. The molecule has 0 saturated carbocycles. The minimum absolute atomic E-state index is 0.213. The van der Waals surface area contributed by atoms with Gasteiger partial charge in [0, 0.05) is 22.1 Å². The molecule has 1 aromatic carbocycles. The van der Waals surface area contributed by atoms with E-state index in [4.69, 9.17) is 5.73 Å². The second-order valence-electron chi connectivity index (χ2n) is 3.16. The van der Waals surface area contributed by atoms with Gasteiger partial charge in [0.25, 0.3) is 0 Å². The minimum Gasteiger partial charge on any atom is -0.399 e. The number of benzene rings is 1. The van der Waals surface area contributed by atoms with Crippen molar-refractivity contribution in [2.75, 3.05) is 23.0 Å². The fraction of sp³-hybridized carbons (Fsp3) is 0.400. The van der Waals surface area contributed by atoms with Crippen LogP contribution in [0.5, 0.6) is 0 Å². The second kappa shape index (κ2) is 5.42. The normalized spacial score (nSPS) is 11.5. The van der Waals surface area contributed by atoms with Gasteiger partial charge in [-0.15, -0.1) is 11.8 Å². The lowest BCUT2D eigenvalue weighted by molar-refractivity contribution is 0.599. The Morgan fingerprint density at radius 2 is 2.13 bits per heavy atom. The topological polar surface area (TPSA) is 60.2 Å². The van der Waals surface area contributed by atoms with Crippen molar-refractivity contribution in [1.29, 1.82) is 0 Å². The molecule has 0 aliphatic heterocycles. The molecule has 0 aliphatic carbocycles. The van der Waals surface area contributed by atoms with Crippen molar-refractivity contribution in [2.45, 2.75) is 11.8 Å². The first-order valence-corrected chi connectivity index (χ1v) is 7.53. The maximum atomic E-state index is 11.2. The molecular formula is C10H15NO2S2. The van der Waals surface area contributed by atoms with E-state index in [-0.39, 0.29) is 11.5 Å². The second-order valence-corrected chi connectivity index (χ2v) is 6.80. The molecule has 0 radical (unpaired) electrons. The third-order valence-electron chi connectivity index (χ3n) is 1.96. The first-order chi connectivity index (χ1) is 7.03. The van der Waals surface area contributed by atoms with Gasteiger partial charge in [-0.3, -0.25) is 0 Å². The van der Waals surface area contributed by atoms with E-state index in [1.165, 1.54) is 11.8 Å². The highest BCUT2D eigenvalue weighted by Crippen LogP contribution is 2.20. The first-order valence-electron chi connectivity index (χ1n) is 4.72. The lowest BCUT2D eigenvalue weighted by Crippen LogP contribution is -2.10. The molecule has 0 atom stereocenters. The van der Waals surface area contributed by atoms with Gasteiger partial charge in [-0.05, 0) is 18.2 Å². The van der Waals surface area contributed by atoms with Crippen LogP contribution in [0.3, 0.4) is 0 Å². The fourth-order valence-electron chi connectivity index (χ4n) is 1.04. The summed E-state index contributed by atoms with van der Waals surface area (Å²) >= 11 is 1.52. The Bertz CT molecular complexity index is 415. The highest BCUT2D eigenvalue weighted by Gasteiger charge is 2.06. The van der Waals surface area contributed by atoms with Crippen LogP contribution in [-0.2, 0) is 9.84 Å². The van der Waals surface area contributed by atoms with Gasteiger partial charge in [0.05, 0.1) is 5.75 Å². The largest absolute Gasteiger partial charge is 0.399 e. The van der Waals surface area contributed by atoms with E-state index in [0.717, 1.165) is 4.90 Å². The van der Waals surface area contributed by atoms with Crippen LogP contribution >= 0.6 is 11.8 Å². The van der Waals surface area contributed by atoms with Crippen molar-refractivity contribution in [3.63, 3.8) is 0 Å². The predicted molar refractivity (Wildman–Crippen MR) is 65.9 cm³/mol. The summed E-state index contributed by atoms with van der Waals surface area (Å²) in [6.45, 7) is 1.67. The van der Waals surface area contributed by atoms with E-state index in [1.54, 1.807) is 6.92 Å². The Hall–Kier alpha value is -0.680.